The van der Waals surface area contributed by atoms with E-state index in [-0.39, 0.29) is 24.3 Å². The molecule has 1 aliphatic rings. The van der Waals surface area contributed by atoms with Crippen LogP contribution in [0.4, 0.5) is 5.69 Å². The highest BCUT2D eigenvalue weighted by Gasteiger charge is 2.32. The van der Waals surface area contributed by atoms with Gasteiger partial charge in [-0.15, -0.1) is 0 Å². The zero-order chi connectivity index (χ0) is 21.8. The number of halogens is 1. The van der Waals surface area contributed by atoms with Crippen LogP contribution < -0.4 is 4.90 Å². The van der Waals surface area contributed by atoms with Gasteiger partial charge < -0.3 is 9.80 Å². The lowest BCUT2D eigenvalue weighted by Gasteiger charge is -2.37. The van der Waals surface area contributed by atoms with Crippen molar-refractivity contribution in [1.29, 1.82) is 0 Å². The van der Waals surface area contributed by atoms with Gasteiger partial charge in [-0.05, 0) is 53.9 Å². The Labute approximate surface area is 190 Å². The summed E-state index contributed by atoms with van der Waals surface area (Å²) in [6.07, 6.45) is 2.76. The molecule has 0 radical (unpaired) electrons. The number of rotatable bonds is 5. The van der Waals surface area contributed by atoms with E-state index in [1.54, 1.807) is 18.0 Å². The molecule has 0 aliphatic carbocycles. The minimum atomic E-state index is -0.267. The third-order valence-electron chi connectivity index (χ3n) is 5.67. The predicted octanol–water partition coefficient (Wildman–Crippen LogP) is 4.91. The van der Waals surface area contributed by atoms with Crippen LogP contribution in [0.25, 0.3) is 0 Å². The van der Waals surface area contributed by atoms with Crippen molar-refractivity contribution in [2.24, 2.45) is 0 Å². The first-order chi connectivity index (χ1) is 15.0. The first-order valence-electron chi connectivity index (χ1n) is 10.3. The second-order valence-electron chi connectivity index (χ2n) is 7.66. The van der Waals surface area contributed by atoms with Crippen molar-refractivity contribution in [2.75, 3.05) is 11.4 Å². The van der Waals surface area contributed by atoms with Crippen molar-refractivity contribution >= 4 is 33.4 Å². The van der Waals surface area contributed by atoms with Crippen LogP contribution in [-0.4, -0.2) is 28.2 Å². The maximum Gasteiger partial charge on any atom is 0.229 e. The lowest BCUT2D eigenvalue weighted by atomic mass is 9.90. The Morgan fingerprint density at radius 3 is 2.52 bits per heavy atom. The fraction of sp³-hybridized carbons (Fsp3) is 0.240. The highest BCUT2D eigenvalue weighted by molar-refractivity contribution is 9.10. The van der Waals surface area contributed by atoms with Crippen LogP contribution >= 0.6 is 15.9 Å². The number of amides is 2. The highest BCUT2D eigenvalue weighted by atomic mass is 79.9. The van der Waals surface area contributed by atoms with Crippen molar-refractivity contribution in [2.45, 2.75) is 32.4 Å². The Morgan fingerprint density at radius 2 is 1.81 bits per heavy atom. The van der Waals surface area contributed by atoms with Crippen LogP contribution in [0.15, 0.2) is 77.4 Å². The van der Waals surface area contributed by atoms with Gasteiger partial charge in [0, 0.05) is 29.8 Å². The van der Waals surface area contributed by atoms with E-state index in [4.69, 9.17) is 0 Å². The number of hydrogen-bond acceptors (Lipinski definition) is 3. The topological polar surface area (TPSA) is 53.5 Å². The summed E-state index contributed by atoms with van der Waals surface area (Å²) in [4.78, 5) is 34.0. The molecule has 4 rings (SSSR count). The molecule has 3 aromatic rings. The molecule has 1 aliphatic heterocycles. The van der Waals surface area contributed by atoms with E-state index in [0.717, 1.165) is 27.8 Å². The van der Waals surface area contributed by atoms with Crippen molar-refractivity contribution < 1.29 is 9.59 Å². The van der Waals surface area contributed by atoms with E-state index < -0.39 is 0 Å². The third-order valence-corrected chi connectivity index (χ3v) is 6.20. The zero-order valence-electron chi connectivity index (χ0n) is 17.4. The SMILES string of the molecule is CC(=O)N1CCc2ccccc2C1CC(=O)N(Cc1ccccn1)c1ccc(Br)cc1. The average Bonchev–Trinajstić information content (AvgIpc) is 2.79. The third kappa shape index (κ3) is 4.85. The summed E-state index contributed by atoms with van der Waals surface area (Å²) in [7, 11) is 0. The molecule has 1 atom stereocenters. The molecular weight excluding hydrogens is 454 g/mol. The summed E-state index contributed by atoms with van der Waals surface area (Å²) in [6, 6.07) is 21.2. The maximum absolute atomic E-state index is 13.6. The number of aromatic nitrogens is 1. The monoisotopic (exact) mass is 477 g/mol. The van der Waals surface area contributed by atoms with E-state index >= 15 is 0 Å². The number of carbonyl (C=O) groups is 2. The van der Waals surface area contributed by atoms with Crippen molar-refractivity contribution in [3.8, 4) is 0 Å². The van der Waals surface area contributed by atoms with Crippen molar-refractivity contribution in [3.05, 3.63) is 94.2 Å². The molecule has 2 aromatic carbocycles. The summed E-state index contributed by atoms with van der Waals surface area (Å²) in [5, 5.41) is 0. The Bertz CT molecular complexity index is 1070. The molecule has 1 aromatic heterocycles. The minimum absolute atomic E-state index is 0.00720. The molecular formula is C25H24BrN3O2. The van der Waals surface area contributed by atoms with Gasteiger partial charge in [0.05, 0.1) is 24.7 Å². The second-order valence-corrected chi connectivity index (χ2v) is 8.57. The van der Waals surface area contributed by atoms with Gasteiger partial charge in [0.1, 0.15) is 0 Å². The molecule has 0 spiro atoms. The fourth-order valence-electron chi connectivity index (χ4n) is 4.12. The second kappa shape index (κ2) is 9.43. The molecule has 2 heterocycles. The van der Waals surface area contributed by atoms with Crippen molar-refractivity contribution in [1.82, 2.24) is 9.88 Å². The summed E-state index contributed by atoms with van der Waals surface area (Å²) < 4.78 is 0.949. The molecule has 6 heteroatoms. The summed E-state index contributed by atoms with van der Waals surface area (Å²) >= 11 is 3.46. The van der Waals surface area contributed by atoms with Crippen LogP contribution in [0.1, 0.15) is 36.2 Å². The number of benzene rings is 2. The van der Waals surface area contributed by atoms with Crippen LogP contribution in [-0.2, 0) is 22.6 Å². The Balaban J connectivity index is 1.66. The minimum Gasteiger partial charge on any atom is -0.335 e. The zero-order valence-corrected chi connectivity index (χ0v) is 19.0. The van der Waals surface area contributed by atoms with Crippen molar-refractivity contribution in [3.63, 3.8) is 0 Å². The number of fused-ring (bicyclic) bond motifs is 1. The van der Waals surface area contributed by atoms with E-state index in [9.17, 15) is 9.59 Å². The highest BCUT2D eigenvalue weighted by Crippen LogP contribution is 2.33. The first kappa shape index (κ1) is 21.2. The number of nitrogens with zero attached hydrogens (tertiary/aromatic N) is 3. The smallest absolute Gasteiger partial charge is 0.229 e. The molecule has 0 saturated carbocycles. The first-order valence-corrected chi connectivity index (χ1v) is 11.1. The molecule has 0 saturated heterocycles. The van der Waals surface area contributed by atoms with Gasteiger partial charge in [0.15, 0.2) is 0 Å². The molecule has 31 heavy (non-hydrogen) atoms. The number of pyridine rings is 1. The lowest BCUT2D eigenvalue weighted by Crippen LogP contribution is -2.42. The van der Waals surface area contributed by atoms with Gasteiger partial charge in [-0.25, -0.2) is 0 Å². The number of hydrogen-bond donors (Lipinski definition) is 0. The molecule has 1 unspecified atom stereocenters. The van der Waals surface area contributed by atoms with Gasteiger partial charge in [0.2, 0.25) is 11.8 Å². The summed E-state index contributed by atoms with van der Waals surface area (Å²) in [6.45, 7) is 2.57. The van der Waals surface area contributed by atoms with E-state index in [2.05, 4.69) is 27.0 Å². The van der Waals surface area contributed by atoms with E-state index in [0.29, 0.717) is 13.1 Å². The van der Waals surface area contributed by atoms with E-state index in [1.165, 1.54) is 5.56 Å². The average molecular weight is 478 g/mol. The fourth-order valence-corrected chi connectivity index (χ4v) is 4.39. The molecule has 2 amide bonds. The van der Waals surface area contributed by atoms with Crippen LogP contribution in [0, 0.1) is 0 Å². The van der Waals surface area contributed by atoms with Gasteiger partial charge in [0.25, 0.3) is 0 Å². The molecule has 5 nitrogen and oxygen atoms in total. The Kier molecular flexibility index (Phi) is 6.47. The normalized spacial score (nSPS) is 15.3. The maximum atomic E-state index is 13.6. The Hall–Kier alpha value is -2.99. The molecule has 0 fully saturated rings. The lowest BCUT2D eigenvalue weighted by molar-refractivity contribution is -0.133. The number of carbonyl (C=O) groups excluding carboxylic acids is 2. The molecule has 0 bridgehead atoms. The van der Waals surface area contributed by atoms with Gasteiger partial charge in [-0.3, -0.25) is 14.6 Å². The van der Waals surface area contributed by atoms with Crippen LogP contribution in [0.3, 0.4) is 0 Å². The standard InChI is InChI=1S/C25H24BrN3O2/c1-18(30)28-15-13-19-6-2-3-8-23(19)24(28)16-25(31)29(17-21-7-4-5-14-27-21)22-11-9-20(26)10-12-22/h2-12,14,24H,13,15-17H2,1H3. The molecule has 0 N–H and O–H groups in total. The van der Waals surface area contributed by atoms with Gasteiger partial charge >= 0.3 is 0 Å². The quantitative estimate of drug-likeness (QED) is 0.524. The van der Waals surface area contributed by atoms with Gasteiger partial charge in [-0.2, -0.15) is 0 Å². The van der Waals surface area contributed by atoms with Crippen LogP contribution in [0.5, 0.6) is 0 Å². The largest absolute Gasteiger partial charge is 0.335 e. The Morgan fingerprint density at radius 1 is 1.06 bits per heavy atom. The summed E-state index contributed by atoms with van der Waals surface area (Å²) in [5.74, 6) is -0.0480. The summed E-state index contributed by atoms with van der Waals surface area (Å²) in [5.41, 5.74) is 3.88. The van der Waals surface area contributed by atoms with Gasteiger partial charge in [-0.1, -0.05) is 46.3 Å². The number of anilines is 1. The molecule has 158 valence electrons. The van der Waals surface area contributed by atoms with E-state index in [1.807, 2.05) is 65.6 Å². The van der Waals surface area contributed by atoms with Crippen LogP contribution in [0.2, 0.25) is 0 Å². The predicted molar refractivity (Wildman–Crippen MR) is 124 cm³/mol.